The van der Waals surface area contributed by atoms with Gasteiger partial charge in [0.25, 0.3) is 0 Å². The minimum Gasteiger partial charge on any atom is -0.486 e. The molecule has 1 fully saturated rings. The summed E-state index contributed by atoms with van der Waals surface area (Å²) in [7, 11) is -3.66. The third kappa shape index (κ3) is 3.83. The van der Waals surface area contributed by atoms with Crippen LogP contribution in [0.25, 0.3) is 0 Å². The Hall–Kier alpha value is -2.78. The average molecular weight is 444 g/mol. The number of hydrogen-bond acceptors (Lipinski definition) is 6. The van der Waals surface area contributed by atoms with Crippen molar-refractivity contribution in [3.8, 4) is 11.5 Å². The van der Waals surface area contributed by atoms with Crippen LogP contribution >= 0.6 is 0 Å². The van der Waals surface area contributed by atoms with E-state index in [1.165, 1.54) is 15.9 Å². The molecular weight excluding hydrogens is 418 g/mol. The van der Waals surface area contributed by atoms with Crippen LogP contribution in [0.3, 0.4) is 0 Å². The minimum atomic E-state index is -3.66. The summed E-state index contributed by atoms with van der Waals surface area (Å²) in [6, 6.07) is 12.9. The molecule has 164 valence electrons. The Morgan fingerprint density at radius 3 is 2.45 bits per heavy atom. The molecule has 0 aromatic heterocycles. The van der Waals surface area contributed by atoms with E-state index in [1.807, 2.05) is 18.2 Å². The highest BCUT2D eigenvalue weighted by atomic mass is 32.2. The van der Waals surface area contributed by atoms with Crippen LogP contribution in [0.1, 0.15) is 5.56 Å². The molecule has 0 spiro atoms. The highest BCUT2D eigenvalue weighted by Crippen LogP contribution is 2.33. The molecule has 0 N–H and O–H groups in total. The Labute approximate surface area is 182 Å². The molecule has 0 unspecified atom stereocenters. The largest absolute Gasteiger partial charge is 0.486 e. The number of piperazine rings is 1. The van der Waals surface area contributed by atoms with Gasteiger partial charge in [0.05, 0.1) is 11.4 Å². The first-order valence-electron chi connectivity index (χ1n) is 10.5. The van der Waals surface area contributed by atoms with Gasteiger partial charge in [-0.15, -0.1) is 0 Å². The number of hydrogen-bond donors (Lipinski definition) is 0. The van der Waals surface area contributed by atoms with Crippen LogP contribution in [-0.2, 0) is 21.2 Å². The minimum absolute atomic E-state index is 0.0353. The van der Waals surface area contributed by atoms with Gasteiger partial charge < -0.3 is 19.3 Å². The number of nitrogens with zero attached hydrogens (tertiary/aromatic N) is 3. The fourth-order valence-electron chi connectivity index (χ4n) is 4.35. The second kappa shape index (κ2) is 8.05. The van der Waals surface area contributed by atoms with Crippen molar-refractivity contribution in [2.75, 3.05) is 57.4 Å². The van der Waals surface area contributed by atoms with Gasteiger partial charge in [-0.3, -0.25) is 4.79 Å². The summed E-state index contributed by atoms with van der Waals surface area (Å²) in [6.07, 6.45) is 0.949. The first-order valence-corrected chi connectivity index (χ1v) is 12.0. The molecule has 3 aliphatic rings. The number of anilines is 1. The van der Waals surface area contributed by atoms with Crippen LogP contribution in [-0.4, -0.2) is 76.0 Å². The molecule has 1 saturated heterocycles. The first kappa shape index (κ1) is 20.1. The summed E-state index contributed by atoms with van der Waals surface area (Å²) in [5.74, 6) is 1.05. The average Bonchev–Trinajstić information content (AvgIpc) is 3.21. The van der Waals surface area contributed by atoms with E-state index < -0.39 is 10.0 Å². The Morgan fingerprint density at radius 2 is 1.65 bits per heavy atom. The van der Waals surface area contributed by atoms with Crippen molar-refractivity contribution in [1.82, 2.24) is 9.21 Å². The number of ether oxygens (including phenoxy) is 2. The zero-order valence-electron chi connectivity index (χ0n) is 17.2. The Bertz CT molecular complexity index is 1100. The van der Waals surface area contributed by atoms with E-state index in [0.717, 1.165) is 18.7 Å². The van der Waals surface area contributed by atoms with Gasteiger partial charge in [0, 0.05) is 44.5 Å². The molecule has 5 rings (SSSR count). The van der Waals surface area contributed by atoms with Crippen LogP contribution in [0.15, 0.2) is 47.4 Å². The lowest BCUT2D eigenvalue weighted by atomic mass is 10.2. The second-order valence-electron chi connectivity index (χ2n) is 7.89. The summed E-state index contributed by atoms with van der Waals surface area (Å²) >= 11 is 0. The van der Waals surface area contributed by atoms with Gasteiger partial charge in [-0.2, -0.15) is 4.31 Å². The number of amides is 1. The van der Waals surface area contributed by atoms with E-state index in [-0.39, 0.29) is 23.9 Å². The van der Waals surface area contributed by atoms with E-state index in [0.29, 0.717) is 44.3 Å². The summed E-state index contributed by atoms with van der Waals surface area (Å²) in [5.41, 5.74) is 2.39. The van der Waals surface area contributed by atoms with Crippen LogP contribution in [0.5, 0.6) is 11.5 Å². The monoisotopic (exact) mass is 443 g/mol. The number of benzene rings is 2. The van der Waals surface area contributed by atoms with E-state index in [4.69, 9.17) is 9.47 Å². The van der Waals surface area contributed by atoms with Crippen LogP contribution in [0.4, 0.5) is 5.69 Å². The molecule has 0 aliphatic carbocycles. The predicted molar refractivity (Wildman–Crippen MR) is 115 cm³/mol. The quantitative estimate of drug-likeness (QED) is 0.710. The third-order valence-electron chi connectivity index (χ3n) is 6.05. The highest BCUT2D eigenvalue weighted by molar-refractivity contribution is 7.89. The summed E-state index contributed by atoms with van der Waals surface area (Å²) < 4.78 is 38.6. The normalized spacial score (nSPS) is 18.7. The molecule has 0 saturated carbocycles. The van der Waals surface area contributed by atoms with Crippen molar-refractivity contribution >= 4 is 21.6 Å². The lowest BCUT2D eigenvalue weighted by Crippen LogP contribution is -2.52. The fourth-order valence-corrected chi connectivity index (χ4v) is 5.78. The van der Waals surface area contributed by atoms with Crippen LogP contribution in [0, 0.1) is 0 Å². The van der Waals surface area contributed by atoms with Crippen molar-refractivity contribution in [1.29, 1.82) is 0 Å². The number of carbonyl (C=O) groups excluding carboxylic acids is 1. The van der Waals surface area contributed by atoms with E-state index >= 15 is 0 Å². The zero-order chi connectivity index (χ0) is 21.4. The first-order chi connectivity index (χ1) is 15.0. The molecule has 2 aromatic rings. The van der Waals surface area contributed by atoms with Gasteiger partial charge in [-0.25, -0.2) is 8.42 Å². The highest BCUT2D eigenvalue weighted by Gasteiger charge is 2.32. The Morgan fingerprint density at radius 1 is 0.903 bits per heavy atom. The summed E-state index contributed by atoms with van der Waals surface area (Å²) in [4.78, 5) is 16.9. The van der Waals surface area contributed by atoms with Crippen molar-refractivity contribution < 1.29 is 22.7 Å². The number of carbonyl (C=O) groups is 1. The topological polar surface area (TPSA) is 79.4 Å². The maximum Gasteiger partial charge on any atom is 0.243 e. The molecule has 8 nitrogen and oxygen atoms in total. The Kier molecular flexibility index (Phi) is 5.23. The van der Waals surface area contributed by atoms with E-state index in [2.05, 4.69) is 11.0 Å². The van der Waals surface area contributed by atoms with Crippen molar-refractivity contribution in [3.63, 3.8) is 0 Å². The third-order valence-corrected chi connectivity index (χ3v) is 7.95. The van der Waals surface area contributed by atoms with Crippen molar-refractivity contribution in [2.45, 2.75) is 11.3 Å². The fraction of sp³-hybridized carbons (Fsp3) is 0.409. The van der Waals surface area contributed by atoms with Crippen molar-refractivity contribution in [2.24, 2.45) is 0 Å². The molecule has 0 bridgehead atoms. The molecule has 31 heavy (non-hydrogen) atoms. The molecular formula is C22H25N3O5S. The molecule has 0 atom stereocenters. The van der Waals surface area contributed by atoms with Crippen molar-refractivity contribution in [3.05, 3.63) is 48.0 Å². The molecule has 9 heteroatoms. The van der Waals surface area contributed by atoms with Gasteiger partial charge >= 0.3 is 0 Å². The molecule has 2 aromatic carbocycles. The van der Waals surface area contributed by atoms with Gasteiger partial charge in [0.2, 0.25) is 15.9 Å². The van der Waals surface area contributed by atoms with E-state index in [9.17, 15) is 13.2 Å². The SMILES string of the molecule is O=C(CN1CCc2ccccc21)N1CCN(S(=O)(=O)c2ccc3c(c2)OCCO3)CC1. The molecule has 3 aliphatic heterocycles. The van der Waals surface area contributed by atoms with Gasteiger partial charge in [-0.05, 0) is 30.2 Å². The number of sulfonamides is 1. The Balaban J connectivity index is 1.21. The zero-order valence-corrected chi connectivity index (χ0v) is 18.0. The molecule has 0 radical (unpaired) electrons. The van der Waals surface area contributed by atoms with Gasteiger partial charge in [-0.1, -0.05) is 18.2 Å². The maximum atomic E-state index is 13.1. The molecule has 1 amide bonds. The van der Waals surface area contributed by atoms with Gasteiger partial charge in [0.1, 0.15) is 13.2 Å². The standard InChI is InChI=1S/C22H25N3O5S/c26-22(16-24-8-7-17-3-1-2-4-19(17)24)23-9-11-25(12-10-23)31(27,28)18-5-6-20-21(15-18)30-14-13-29-20/h1-6,15H,7-14,16H2. The lowest BCUT2D eigenvalue weighted by Gasteiger charge is -2.35. The predicted octanol–water partition coefficient (Wildman–Crippen LogP) is 1.35. The smallest absolute Gasteiger partial charge is 0.243 e. The van der Waals surface area contributed by atoms with E-state index in [1.54, 1.807) is 17.0 Å². The summed E-state index contributed by atoms with van der Waals surface area (Å²) in [6.45, 7) is 3.35. The van der Waals surface area contributed by atoms with Crippen LogP contribution in [0.2, 0.25) is 0 Å². The molecule has 3 heterocycles. The van der Waals surface area contributed by atoms with Crippen LogP contribution < -0.4 is 14.4 Å². The second-order valence-corrected chi connectivity index (χ2v) is 9.83. The number of para-hydroxylation sites is 1. The lowest BCUT2D eigenvalue weighted by molar-refractivity contribution is -0.130. The summed E-state index contributed by atoms with van der Waals surface area (Å²) in [5, 5.41) is 0. The maximum absolute atomic E-state index is 13.1. The number of rotatable bonds is 4. The van der Waals surface area contributed by atoms with Gasteiger partial charge in [0.15, 0.2) is 11.5 Å². The number of fused-ring (bicyclic) bond motifs is 2.